The smallest absolute Gasteiger partial charge is 0.251 e. The maximum Gasteiger partial charge on any atom is 0.251 e. The Morgan fingerprint density at radius 2 is 1.50 bits per heavy atom. The second kappa shape index (κ2) is 10.9. The molecule has 1 unspecified atom stereocenters. The number of aromatic nitrogens is 1. The average molecular weight is 448 g/mol. The van der Waals surface area contributed by atoms with Crippen molar-refractivity contribution < 1.29 is 9.59 Å². The highest BCUT2D eigenvalue weighted by atomic mass is 16.2. The summed E-state index contributed by atoms with van der Waals surface area (Å²) in [5.41, 5.74) is 4.25. The first-order valence-electron chi connectivity index (χ1n) is 11.0. The first-order chi connectivity index (χ1) is 16.7. The van der Waals surface area contributed by atoms with Crippen LogP contribution in [0.15, 0.2) is 122 Å². The van der Waals surface area contributed by atoms with E-state index in [1.807, 2.05) is 84.9 Å². The van der Waals surface area contributed by atoms with Gasteiger partial charge in [0.1, 0.15) is 6.04 Å². The van der Waals surface area contributed by atoms with Crippen LogP contribution in [0.1, 0.15) is 17.2 Å². The normalized spacial score (nSPS) is 11.3. The number of nitrogens with one attached hydrogen (secondary N) is 1. The molecule has 0 aliphatic rings. The van der Waals surface area contributed by atoms with Gasteiger partial charge in [0.15, 0.2) is 0 Å². The van der Waals surface area contributed by atoms with Crippen molar-refractivity contribution in [2.24, 2.45) is 0 Å². The number of carbonyl (C=O) groups is 2. The molecule has 4 aromatic rings. The van der Waals surface area contributed by atoms with Gasteiger partial charge >= 0.3 is 0 Å². The Morgan fingerprint density at radius 3 is 2.12 bits per heavy atom. The van der Waals surface area contributed by atoms with Crippen LogP contribution in [-0.2, 0) is 16.1 Å². The van der Waals surface area contributed by atoms with E-state index in [0.717, 1.165) is 16.7 Å². The van der Waals surface area contributed by atoms with Crippen LogP contribution in [0.5, 0.6) is 0 Å². The third-order valence-corrected chi connectivity index (χ3v) is 5.48. The van der Waals surface area contributed by atoms with Gasteiger partial charge in [-0.1, -0.05) is 85.4 Å². The molecule has 0 fully saturated rings. The topological polar surface area (TPSA) is 62.3 Å². The summed E-state index contributed by atoms with van der Waals surface area (Å²) in [6.07, 6.45) is 4.46. The minimum absolute atomic E-state index is 0.306. The van der Waals surface area contributed by atoms with E-state index in [9.17, 15) is 9.59 Å². The molecule has 0 radical (unpaired) electrons. The van der Waals surface area contributed by atoms with Gasteiger partial charge in [-0.25, -0.2) is 0 Å². The Bertz CT molecular complexity index is 1240. The second-order valence-corrected chi connectivity index (χ2v) is 7.72. The zero-order chi connectivity index (χ0) is 23.8. The SMILES string of the molecule is C=CC(=O)N(c1ccc(-c2ccccc2)cc1)C(C(=O)NCc1ccccc1)c1cccnc1. The van der Waals surface area contributed by atoms with Crippen molar-refractivity contribution >= 4 is 17.5 Å². The molecule has 0 aliphatic heterocycles. The van der Waals surface area contributed by atoms with E-state index >= 15 is 0 Å². The Morgan fingerprint density at radius 1 is 0.853 bits per heavy atom. The predicted octanol–water partition coefficient (Wildman–Crippen LogP) is 5.33. The summed E-state index contributed by atoms with van der Waals surface area (Å²) < 4.78 is 0. The minimum atomic E-state index is -0.912. The van der Waals surface area contributed by atoms with Gasteiger partial charge in [0.25, 0.3) is 5.91 Å². The zero-order valence-corrected chi connectivity index (χ0v) is 18.7. The molecule has 0 saturated carbocycles. The van der Waals surface area contributed by atoms with Gasteiger partial charge in [0.05, 0.1) is 0 Å². The van der Waals surface area contributed by atoms with E-state index in [4.69, 9.17) is 0 Å². The molecule has 1 aromatic heterocycles. The molecule has 1 heterocycles. The molecular weight excluding hydrogens is 422 g/mol. The van der Waals surface area contributed by atoms with Crippen LogP contribution < -0.4 is 10.2 Å². The van der Waals surface area contributed by atoms with E-state index in [1.54, 1.807) is 24.5 Å². The van der Waals surface area contributed by atoms with Crippen molar-refractivity contribution in [3.63, 3.8) is 0 Å². The molecule has 3 aromatic carbocycles. The lowest BCUT2D eigenvalue weighted by Crippen LogP contribution is -2.43. The maximum atomic E-state index is 13.5. The van der Waals surface area contributed by atoms with Crippen LogP contribution in [0.4, 0.5) is 5.69 Å². The number of nitrogens with zero attached hydrogens (tertiary/aromatic N) is 2. The number of hydrogen-bond donors (Lipinski definition) is 1. The molecular formula is C29H25N3O2. The Kier molecular flexibility index (Phi) is 7.25. The molecule has 0 aliphatic carbocycles. The zero-order valence-electron chi connectivity index (χ0n) is 18.7. The van der Waals surface area contributed by atoms with Gasteiger partial charge < -0.3 is 5.32 Å². The number of carbonyl (C=O) groups excluding carboxylic acids is 2. The summed E-state index contributed by atoms with van der Waals surface area (Å²) in [6, 6.07) is 29.8. The van der Waals surface area contributed by atoms with E-state index in [1.165, 1.54) is 11.0 Å². The fraction of sp³-hybridized carbons (Fsp3) is 0.0690. The minimum Gasteiger partial charge on any atom is -0.350 e. The van der Waals surface area contributed by atoms with Gasteiger partial charge in [0.2, 0.25) is 5.91 Å². The monoisotopic (exact) mass is 447 g/mol. The number of pyridine rings is 1. The van der Waals surface area contributed by atoms with Crippen molar-refractivity contribution in [1.29, 1.82) is 0 Å². The lowest BCUT2D eigenvalue weighted by molar-refractivity contribution is -0.125. The van der Waals surface area contributed by atoms with Crippen molar-refractivity contribution in [1.82, 2.24) is 10.3 Å². The number of anilines is 1. The maximum absolute atomic E-state index is 13.5. The Balaban J connectivity index is 1.69. The molecule has 4 rings (SSSR count). The van der Waals surface area contributed by atoms with Crippen molar-refractivity contribution in [3.8, 4) is 11.1 Å². The highest BCUT2D eigenvalue weighted by molar-refractivity contribution is 6.06. The lowest BCUT2D eigenvalue weighted by atomic mass is 10.0. The average Bonchev–Trinajstić information content (AvgIpc) is 2.91. The molecule has 168 valence electrons. The fourth-order valence-electron chi connectivity index (χ4n) is 3.78. The molecule has 1 N–H and O–H groups in total. The molecule has 5 heteroatoms. The van der Waals surface area contributed by atoms with Crippen LogP contribution >= 0.6 is 0 Å². The summed E-state index contributed by atoms with van der Waals surface area (Å²) in [6.45, 7) is 4.01. The highest BCUT2D eigenvalue weighted by Gasteiger charge is 2.31. The van der Waals surface area contributed by atoms with E-state index in [-0.39, 0.29) is 11.8 Å². The van der Waals surface area contributed by atoms with Crippen molar-refractivity contribution in [3.05, 3.63) is 133 Å². The first kappa shape index (κ1) is 22.7. The predicted molar refractivity (Wildman–Crippen MR) is 135 cm³/mol. The molecule has 0 bridgehead atoms. The summed E-state index contributed by atoms with van der Waals surface area (Å²) >= 11 is 0. The molecule has 2 amide bonds. The molecule has 5 nitrogen and oxygen atoms in total. The van der Waals surface area contributed by atoms with Crippen LogP contribution in [0.3, 0.4) is 0 Å². The summed E-state index contributed by atoms with van der Waals surface area (Å²) in [5, 5.41) is 2.97. The van der Waals surface area contributed by atoms with Gasteiger partial charge in [-0.15, -0.1) is 0 Å². The van der Waals surface area contributed by atoms with Gasteiger partial charge in [-0.05, 0) is 41.0 Å². The van der Waals surface area contributed by atoms with Crippen LogP contribution in [0.25, 0.3) is 11.1 Å². The summed E-state index contributed by atoms with van der Waals surface area (Å²) in [7, 11) is 0. The summed E-state index contributed by atoms with van der Waals surface area (Å²) in [4.78, 5) is 32.2. The lowest BCUT2D eigenvalue weighted by Gasteiger charge is -2.30. The molecule has 0 spiro atoms. The number of benzene rings is 3. The third-order valence-electron chi connectivity index (χ3n) is 5.48. The van der Waals surface area contributed by atoms with Crippen LogP contribution in [-0.4, -0.2) is 16.8 Å². The standard InChI is InChI=1S/C29H25N3O2/c1-2-27(33)32(26-17-15-24(16-18-26)23-12-7-4-8-13-23)28(25-14-9-19-30-21-25)29(34)31-20-22-10-5-3-6-11-22/h2-19,21,28H,1,20H2,(H,31,34). The number of rotatable bonds is 8. The van der Waals surface area contributed by atoms with Crippen molar-refractivity contribution in [2.45, 2.75) is 12.6 Å². The molecule has 1 atom stereocenters. The van der Waals surface area contributed by atoms with Gasteiger partial charge in [-0.2, -0.15) is 0 Å². The largest absolute Gasteiger partial charge is 0.350 e. The Hall–Kier alpha value is -4.51. The van der Waals surface area contributed by atoms with Gasteiger partial charge in [0, 0.05) is 30.2 Å². The molecule has 0 saturated heterocycles. The van der Waals surface area contributed by atoms with E-state index in [0.29, 0.717) is 17.8 Å². The Labute approximate surface area is 199 Å². The van der Waals surface area contributed by atoms with Crippen molar-refractivity contribution in [2.75, 3.05) is 4.90 Å². The fourth-order valence-corrected chi connectivity index (χ4v) is 3.78. The third kappa shape index (κ3) is 5.27. The van der Waals surface area contributed by atoms with E-state index in [2.05, 4.69) is 16.9 Å². The quantitative estimate of drug-likeness (QED) is 0.372. The first-order valence-corrected chi connectivity index (χ1v) is 11.0. The number of hydrogen-bond acceptors (Lipinski definition) is 3. The number of amides is 2. The highest BCUT2D eigenvalue weighted by Crippen LogP contribution is 2.30. The summed E-state index contributed by atoms with van der Waals surface area (Å²) in [5.74, 6) is -0.685. The van der Waals surface area contributed by atoms with E-state index < -0.39 is 6.04 Å². The van der Waals surface area contributed by atoms with Crippen LogP contribution in [0, 0.1) is 0 Å². The van der Waals surface area contributed by atoms with Crippen LogP contribution in [0.2, 0.25) is 0 Å². The van der Waals surface area contributed by atoms with Gasteiger partial charge in [-0.3, -0.25) is 19.5 Å². The molecule has 34 heavy (non-hydrogen) atoms. The second-order valence-electron chi connectivity index (χ2n) is 7.72.